The van der Waals surface area contributed by atoms with Gasteiger partial charge in [0.2, 0.25) is 5.91 Å². The third kappa shape index (κ3) is 6.34. The molecule has 0 aliphatic carbocycles. The van der Waals surface area contributed by atoms with Crippen molar-refractivity contribution in [1.82, 2.24) is 15.3 Å². The van der Waals surface area contributed by atoms with E-state index >= 15 is 0 Å². The van der Waals surface area contributed by atoms with Crippen molar-refractivity contribution in [3.8, 4) is 0 Å². The topological polar surface area (TPSA) is 92.9 Å². The fraction of sp³-hybridized carbons (Fsp3) is 0.227. The summed E-state index contributed by atoms with van der Waals surface area (Å²) in [4.78, 5) is 19.8. The van der Waals surface area contributed by atoms with Gasteiger partial charge in [0.15, 0.2) is 11.6 Å². The molecule has 0 saturated carbocycles. The van der Waals surface area contributed by atoms with E-state index in [9.17, 15) is 18.0 Å². The van der Waals surface area contributed by atoms with Crippen LogP contribution in [0.4, 0.5) is 19.0 Å². The molecule has 4 N–H and O–H groups in total. The summed E-state index contributed by atoms with van der Waals surface area (Å²) in [6.07, 6.45) is 1.91. The van der Waals surface area contributed by atoms with Gasteiger partial charge in [-0.2, -0.15) is 8.78 Å². The minimum atomic E-state index is -3.37. The highest BCUT2D eigenvalue weighted by atomic mass is 35.5. The first-order valence-corrected chi connectivity index (χ1v) is 10.6. The van der Waals surface area contributed by atoms with Crippen LogP contribution in [0.3, 0.4) is 0 Å². The molecule has 1 amide bonds. The molecular weight excluding hydrogens is 478 g/mol. The average molecular weight is 498 g/mol. The summed E-state index contributed by atoms with van der Waals surface area (Å²) in [6, 6.07) is 9.21. The quantitative estimate of drug-likeness (QED) is 0.406. The van der Waals surface area contributed by atoms with Crippen molar-refractivity contribution in [2.24, 2.45) is 5.73 Å². The number of nitrogens with zero attached hydrogens (tertiary/aromatic N) is 2. The van der Waals surface area contributed by atoms with Crippen molar-refractivity contribution in [2.75, 3.05) is 11.9 Å². The normalized spacial score (nSPS) is 11.3. The van der Waals surface area contributed by atoms with Gasteiger partial charge in [0, 0.05) is 36.1 Å². The molecule has 174 valence electrons. The molecule has 33 heavy (non-hydrogen) atoms. The van der Waals surface area contributed by atoms with E-state index in [-0.39, 0.29) is 23.7 Å². The highest BCUT2D eigenvalue weighted by Crippen LogP contribution is 2.28. The number of alkyl halides is 2. The lowest BCUT2D eigenvalue weighted by Gasteiger charge is -2.18. The molecule has 0 atom stereocenters. The Labute approximate surface area is 198 Å². The molecule has 11 heteroatoms. The van der Waals surface area contributed by atoms with Crippen LogP contribution in [0.15, 0.2) is 48.8 Å². The standard InChI is InChI=1S/C22H20Cl2F3N5O/c23-15-5-4-13(9-28)14(7-15)10-30-19(33)8-16-17(24)11-31-21(20(16)25)32-12-22(26,27)18-3-1-2-6-29-18/h1-7,11H,8-10,12,28H2,(H,30,33)(H,31,32). The number of nitrogens with two attached hydrogens (primary N) is 1. The highest BCUT2D eigenvalue weighted by molar-refractivity contribution is 6.31. The van der Waals surface area contributed by atoms with Gasteiger partial charge < -0.3 is 16.4 Å². The Kier molecular flexibility index (Phi) is 8.12. The molecule has 0 bridgehead atoms. The van der Waals surface area contributed by atoms with Gasteiger partial charge in [-0.25, -0.2) is 9.37 Å². The number of halogens is 5. The summed E-state index contributed by atoms with van der Waals surface area (Å²) in [5, 5.41) is 5.31. The third-order valence-corrected chi connectivity index (χ3v) is 5.35. The smallest absolute Gasteiger partial charge is 0.306 e. The zero-order chi connectivity index (χ0) is 24.0. The summed E-state index contributed by atoms with van der Waals surface area (Å²) in [6.45, 7) is -0.569. The molecule has 0 saturated heterocycles. The molecule has 3 rings (SSSR count). The maximum absolute atomic E-state index is 14.9. The fourth-order valence-corrected chi connectivity index (χ4v) is 3.42. The molecule has 0 radical (unpaired) electrons. The zero-order valence-electron chi connectivity index (χ0n) is 17.2. The molecular formula is C22H20Cl2F3N5O. The molecule has 0 fully saturated rings. The average Bonchev–Trinajstić information content (AvgIpc) is 2.80. The third-order valence-electron chi connectivity index (χ3n) is 4.79. The zero-order valence-corrected chi connectivity index (χ0v) is 18.7. The van der Waals surface area contributed by atoms with Crippen LogP contribution in [0.1, 0.15) is 22.4 Å². The Balaban J connectivity index is 1.68. The Hall–Kier alpha value is -2.88. The van der Waals surface area contributed by atoms with Crippen LogP contribution in [-0.4, -0.2) is 22.4 Å². The van der Waals surface area contributed by atoms with Crippen molar-refractivity contribution in [3.63, 3.8) is 0 Å². The molecule has 0 aliphatic heterocycles. The maximum Gasteiger partial charge on any atom is 0.306 e. The number of benzene rings is 1. The molecule has 0 aliphatic rings. The lowest BCUT2D eigenvalue weighted by Crippen LogP contribution is -2.27. The number of carbonyl (C=O) groups is 1. The van der Waals surface area contributed by atoms with Crippen LogP contribution in [-0.2, 0) is 30.2 Å². The van der Waals surface area contributed by atoms with Crippen LogP contribution < -0.4 is 16.4 Å². The van der Waals surface area contributed by atoms with E-state index in [1.807, 2.05) is 0 Å². The molecule has 0 unspecified atom stereocenters. The van der Waals surface area contributed by atoms with E-state index in [1.54, 1.807) is 18.2 Å². The van der Waals surface area contributed by atoms with Gasteiger partial charge >= 0.3 is 5.92 Å². The Morgan fingerprint density at radius 3 is 2.61 bits per heavy atom. The van der Waals surface area contributed by atoms with Gasteiger partial charge in [-0.15, -0.1) is 0 Å². The van der Waals surface area contributed by atoms with Gasteiger partial charge in [0.1, 0.15) is 5.69 Å². The Morgan fingerprint density at radius 2 is 1.91 bits per heavy atom. The van der Waals surface area contributed by atoms with E-state index in [0.29, 0.717) is 5.02 Å². The number of rotatable bonds is 9. The van der Waals surface area contributed by atoms with Crippen LogP contribution in [0.5, 0.6) is 0 Å². The number of carbonyl (C=O) groups excluding carboxylic acids is 1. The van der Waals surface area contributed by atoms with Crippen LogP contribution in [0.25, 0.3) is 0 Å². The van der Waals surface area contributed by atoms with E-state index < -0.39 is 42.1 Å². The number of hydrogen-bond acceptors (Lipinski definition) is 5. The van der Waals surface area contributed by atoms with Crippen molar-refractivity contribution in [1.29, 1.82) is 0 Å². The number of amides is 1. The second-order valence-electron chi connectivity index (χ2n) is 7.09. The molecule has 1 aromatic carbocycles. The summed E-state index contributed by atoms with van der Waals surface area (Å²) >= 11 is 12.0. The number of aromatic nitrogens is 2. The summed E-state index contributed by atoms with van der Waals surface area (Å²) in [7, 11) is 0. The van der Waals surface area contributed by atoms with E-state index in [0.717, 1.165) is 17.3 Å². The molecule has 2 heterocycles. The van der Waals surface area contributed by atoms with E-state index in [1.165, 1.54) is 24.4 Å². The van der Waals surface area contributed by atoms with E-state index in [4.69, 9.17) is 28.9 Å². The predicted molar refractivity (Wildman–Crippen MR) is 121 cm³/mol. The number of pyridine rings is 2. The van der Waals surface area contributed by atoms with Crippen molar-refractivity contribution in [3.05, 3.63) is 87.0 Å². The van der Waals surface area contributed by atoms with Gasteiger partial charge in [-0.3, -0.25) is 9.78 Å². The lowest BCUT2D eigenvalue weighted by atomic mass is 10.1. The first-order chi connectivity index (χ1) is 15.7. The first-order valence-electron chi connectivity index (χ1n) is 9.81. The van der Waals surface area contributed by atoms with Gasteiger partial charge in [0.05, 0.1) is 18.0 Å². The second-order valence-corrected chi connectivity index (χ2v) is 7.93. The monoisotopic (exact) mass is 497 g/mol. The van der Waals surface area contributed by atoms with Gasteiger partial charge in [0.25, 0.3) is 0 Å². The highest BCUT2D eigenvalue weighted by Gasteiger charge is 2.33. The minimum absolute atomic E-state index is 0.102. The maximum atomic E-state index is 14.9. The lowest BCUT2D eigenvalue weighted by molar-refractivity contribution is -0.120. The van der Waals surface area contributed by atoms with Crippen molar-refractivity contribution < 1.29 is 18.0 Å². The molecule has 2 aromatic heterocycles. The Morgan fingerprint density at radius 1 is 1.12 bits per heavy atom. The molecule has 0 spiro atoms. The summed E-state index contributed by atoms with van der Waals surface area (Å²) in [5.41, 5.74) is 6.57. The van der Waals surface area contributed by atoms with Crippen molar-refractivity contribution in [2.45, 2.75) is 25.4 Å². The number of hydrogen-bond donors (Lipinski definition) is 3. The first kappa shape index (κ1) is 24.8. The van der Waals surface area contributed by atoms with Crippen LogP contribution in [0, 0.1) is 5.82 Å². The SMILES string of the molecule is NCc1ccc(Cl)cc1CNC(=O)Cc1c(Cl)cnc(NCC(F)(F)c2ccccn2)c1F. The largest absolute Gasteiger partial charge is 0.361 e. The second kappa shape index (κ2) is 10.8. The van der Waals surface area contributed by atoms with Gasteiger partial charge in [-0.1, -0.05) is 35.3 Å². The fourth-order valence-electron chi connectivity index (χ4n) is 3.03. The Bertz CT molecular complexity index is 1130. The van der Waals surface area contributed by atoms with Crippen LogP contribution in [0.2, 0.25) is 10.0 Å². The van der Waals surface area contributed by atoms with Crippen molar-refractivity contribution >= 4 is 34.9 Å². The number of anilines is 1. The molecule has 3 aromatic rings. The van der Waals surface area contributed by atoms with Crippen LogP contribution >= 0.6 is 23.2 Å². The molecule has 6 nitrogen and oxygen atoms in total. The summed E-state index contributed by atoms with van der Waals surface area (Å²) < 4.78 is 43.6. The minimum Gasteiger partial charge on any atom is -0.361 e. The van der Waals surface area contributed by atoms with E-state index in [2.05, 4.69) is 20.6 Å². The summed E-state index contributed by atoms with van der Waals surface area (Å²) in [5.74, 6) is -5.34. The predicted octanol–water partition coefficient (Wildman–Crippen LogP) is 4.44. The number of nitrogens with one attached hydrogen (secondary N) is 2. The van der Waals surface area contributed by atoms with Gasteiger partial charge in [-0.05, 0) is 35.4 Å².